The van der Waals surface area contributed by atoms with Crippen LogP contribution in [-0.2, 0) is 9.31 Å². The van der Waals surface area contributed by atoms with Crippen molar-refractivity contribution in [2.24, 2.45) is 16.7 Å². The molecule has 0 spiro atoms. The maximum atomic E-state index is 5.64. The number of fused-ring (bicyclic) bond motifs is 1. The van der Waals surface area contributed by atoms with Crippen molar-refractivity contribution in [3.63, 3.8) is 0 Å². The molecular formula is C10H19BO2. The lowest BCUT2D eigenvalue weighted by molar-refractivity contribution is -0.244. The third-order valence-electron chi connectivity index (χ3n) is 4.15. The summed E-state index contributed by atoms with van der Waals surface area (Å²) in [6, 6.07) is 0. The van der Waals surface area contributed by atoms with Crippen LogP contribution in [0.3, 0.4) is 0 Å². The van der Waals surface area contributed by atoms with E-state index in [-0.39, 0.29) is 0 Å². The number of rotatable bonds is 3. The molecule has 74 valence electrons. The minimum Gasteiger partial charge on any atom is -0.417 e. The second kappa shape index (κ2) is 2.74. The summed E-state index contributed by atoms with van der Waals surface area (Å²) in [5.74, 6) is 0.877. The molecule has 2 aliphatic carbocycles. The molecule has 3 atom stereocenters. The topological polar surface area (TPSA) is 18.5 Å². The molecule has 0 N–H and O–H groups in total. The quantitative estimate of drug-likeness (QED) is 0.619. The van der Waals surface area contributed by atoms with Gasteiger partial charge in [-0.05, 0) is 29.6 Å². The van der Waals surface area contributed by atoms with Crippen LogP contribution in [0.25, 0.3) is 0 Å². The van der Waals surface area contributed by atoms with Crippen molar-refractivity contribution in [3.05, 3.63) is 0 Å². The van der Waals surface area contributed by atoms with Gasteiger partial charge in [0.05, 0.1) is 0 Å². The predicted octanol–water partition coefficient (Wildman–Crippen LogP) is 1.74. The molecule has 2 fully saturated rings. The molecule has 0 saturated heterocycles. The van der Waals surface area contributed by atoms with Gasteiger partial charge in [-0.15, -0.1) is 0 Å². The van der Waals surface area contributed by atoms with Crippen LogP contribution in [0.2, 0.25) is 0 Å². The molecule has 0 aliphatic heterocycles. The Morgan fingerprint density at radius 1 is 1.31 bits per heavy atom. The van der Waals surface area contributed by atoms with Crippen LogP contribution in [0.15, 0.2) is 0 Å². The maximum absolute atomic E-state index is 5.64. The molecule has 0 aromatic carbocycles. The summed E-state index contributed by atoms with van der Waals surface area (Å²) in [7, 11) is 2.14. The lowest BCUT2D eigenvalue weighted by atomic mass is 9.36. The Balaban J connectivity index is 1.88. The van der Waals surface area contributed by atoms with Gasteiger partial charge in [-0.25, -0.2) is 0 Å². The van der Waals surface area contributed by atoms with Gasteiger partial charge in [-0.2, -0.15) is 0 Å². The average molecular weight is 182 g/mol. The normalized spacial score (nSPS) is 45.8. The molecule has 1 unspecified atom stereocenters. The van der Waals surface area contributed by atoms with E-state index >= 15 is 0 Å². The summed E-state index contributed by atoms with van der Waals surface area (Å²) in [5, 5.41) is 0. The van der Waals surface area contributed by atoms with Gasteiger partial charge in [0, 0.05) is 13.2 Å². The Kier molecular flexibility index (Phi) is 2.01. The molecule has 0 aromatic heterocycles. The van der Waals surface area contributed by atoms with Crippen molar-refractivity contribution < 1.29 is 9.31 Å². The summed E-state index contributed by atoms with van der Waals surface area (Å²) >= 11 is 0. The Morgan fingerprint density at radius 2 is 2.00 bits per heavy atom. The third kappa shape index (κ3) is 1.17. The van der Waals surface area contributed by atoms with E-state index in [1.165, 1.54) is 12.8 Å². The number of hydrogen-bond donors (Lipinski definition) is 0. The van der Waals surface area contributed by atoms with E-state index in [0.29, 0.717) is 24.6 Å². The third-order valence-corrected chi connectivity index (χ3v) is 4.15. The first-order chi connectivity index (χ1) is 6.00. The second-order valence-electron chi connectivity index (χ2n) is 5.52. The molecule has 13 heavy (non-hydrogen) atoms. The highest BCUT2D eigenvalue weighted by molar-refractivity contribution is 6.17. The minimum atomic E-state index is 0.450. The summed E-state index contributed by atoms with van der Waals surface area (Å²) in [4.78, 5) is 0. The van der Waals surface area contributed by atoms with E-state index < -0.39 is 0 Å². The maximum Gasteiger partial charge on any atom is 0.438 e. The van der Waals surface area contributed by atoms with Crippen molar-refractivity contribution in [2.75, 3.05) is 7.11 Å². The van der Waals surface area contributed by atoms with Crippen LogP contribution in [-0.4, -0.2) is 20.9 Å². The standard InChI is InChI=1S/C10H19BO2/c1-9(2)6-10(3)7(9)5-8(10)13-11-12-4/h7-8,11H,5-6H2,1-4H3/t7?,8-,10-/m1/s1. The molecule has 0 aromatic rings. The van der Waals surface area contributed by atoms with Crippen LogP contribution in [0.4, 0.5) is 0 Å². The zero-order valence-electron chi connectivity index (χ0n) is 9.09. The van der Waals surface area contributed by atoms with Gasteiger partial charge in [0.2, 0.25) is 0 Å². The zero-order valence-corrected chi connectivity index (χ0v) is 9.09. The van der Waals surface area contributed by atoms with E-state index in [4.69, 9.17) is 9.31 Å². The van der Waals surface area contributed by atoms with E-state index in [1.807, 2.05) is 0 Å². The molecule has 0 radical (unpaired) electrons. The van der Waals surface area contributed by atoms with Gasteiger partial charge in [-0.3, -0.25) is 0 Å². The van der Waals surface area contributed by atoms with Gasteiger partial charge in [-0.1, -0.05) is 20.8 Å². The van der Waals surface area contributed by atoms with Gasteiger partial charge in [0.15, 0.2) is 0 Å². The smallest absolute Gasteiger partial charge is 0.417 e. The zero-order chi connectivity index (χ0) is 9.69. The Labute approximate surface area is 81.3 Å². The van der Waals surface area contributed by atoms with Crippen LogP contribution < -0.4 is 0 Å². The fourth-order valence-corrected chi connectivity index (χ4v) is 3.65. The van der Waals surface area contributed by atoms with Crippen molar-refractivity contribution in [3.8, 4) is 0 Å². The Morgan fingerprint density at radius 3 is 2.38 bits per heavy atom. The molecule has 3 heteroatoms. The van der Waals surface area contributed by atoms with E-state index in [9.17, 15) is 0 Å². The largest absolute Gasteiger partial charge is 0.438 e. The lowest BCUT2D eigenvalue weighted by Gasteiger charge is -2.70. The highest BCUT2D eigenvalue weighted by Gasteiger charge is 2.66. The summed E-state index contributed by atoms with van der Waals surface area (Å²) in [5.41, 5.74) is 1.02. The Bertz CT molecular complexity index is 217. The molecule has 2 aliphatic rings. The van der Waals surface area contributed by atoms with Crippen molar-refractivity contribution in [1.29, 1.82) is 0 Å². The van der Waals surface area contributed by atoms with Gasteiger partial charge in [0.1, 0.15) is 0 Å². The van der Waals surface area contributed by atoms with Gasteiger partial charge >= 0.3 is 7.69 Å². The van der Waals surface area contributed by atoms with Crippen LogP contribution >= 0.6 is 0 Å². The second-order valence-corrected chi connectivity index (χ2v) is 5.52. The summed E-state index contributed by atoms with van der Waals surface area (Å²) in [6.07, 6.45) is 2.98. The highest BCUT2D eigenvalue weighted by Crippen LogP contribution is 2.70. The molecule has 2 rings (SSSR count). The van der Waals surface area contributed by atoms with Crippen LogP contribution in [0.5, 0.6) is 0 Å². The van der Waals surface area contributed by atoms with E-state index in [2.05, 4.69) is 20.8 Å². The fraction of sp³-hybridized carbons (Fsp3) is 1.00. The van der Waals surface area contributed by atoms with Gasteiger partial charge in [0.25, 0.3) is 0 Å². The van der Waals surface area contributed by atoms with E-state index in [0.717, 1.165) is 5.92 Å². The molecule has 2 nitrogen and oxygen atoms in total. The SMILES string of the molecule is COBO[C@@H]1CC2C(C)(C)C[C@]21C. The molecule has 0 amide bonds. The number of hydrogen-bond acceptors (Lipinski definition) is 2. The summed E-state index contributed by atoms with van der Waals surface area (Å²) in [6.45, 7) is 7.09. The first-order valence-corrected chi connectivity index (χ1v) is 5.11. The van der Waals surface area contributed by atoms with Crippen molar-refractivity contribution in [2.45, 2.75) is 39.7 Å². The minimum absolute atomic E-state index is 0.450. The first-order valence-electron chi connectivity index (χ1n) is 5.11. The predicted molar refractivity (Wildman–Crippen MR) is 53.6 cm³/mol. The van der Waals surface area contributed by atoms with Gasteiger partial charge < -0.3 is 9.31 Å². The average Bonchev–Trinajstić information content (AvgIpc) is 2.02. The highest BCUT2D eigenvalue weighted by atomic mass is 16.6. The first kappa shape index (κ1) is 9.54. The van der Waals surface area contributed by atoms with E-state index in [1.54, 1.807) is 7.11 Å². The van der Waals surface area contributed by atoms with Crippen molar-refractivity contribution in [1.82, 2.24) is 0 Å². The molecule has 0 heterocycles. The lowest BCUT2D eigenvalue weighted by Crippen LogP contribution is -2.67. The monoisotopic (exact) mass is 182 g/mol. The molecular weight excluding hydrogens is 163 g/mol. The molecule has 0 bridgehead atoms. The Hall–Kier alpha value is -0.0151. The molecule has 2 saturated carbocycles. The fourth-order valence-electron chi connectivity index (χ4n) is 3.65. The van der Waals surface area contributed by atoms with Crippen LogP contribution in [0.1, 0.15) is 33.6 Å². The van der Waals surface area contributed by atoms with Crippen molar-refractivity contribution >= 4 is 7.69 Å². The van der Waals surface area contributed by atoms with Crippen LogP contribution in [0, 0.1) is 16.7 Å². The summed E-state index contributed by atoms with van der Waals surface area (Å²) < 4.78 is 10.6.